The van der Waals surface area contributed by atoms with Crippen LogP contribution in [0.1, 0.15) is 19.4 Å². The molecule has 0 unspecified atom stereocenters. The number of hydrogen-bond acceptors (Lipinski definition) is 7. The second kappa shape index (κ2) is 8.27. The molecule has 0 aliphatic rings. The van der Waals surface area contributed by atoms with Crippen molar-refractivity contribution in [3.8, 4) is 11.5 Å². The fourth-order valence-corrected chi connectivity index (χ4v) is 3.52. The lowest BCUT2D eigenvalue weighted by Crippen LogP contribution is -2.07. The number of anilines is 1. The molecule has 8 nitrogen and oxygen atoms in total. The molecule has 4 aromatic rings. The number of methoxy groups -OCH3 is 1. The Kier molecular flexibility index (Phi) is 5.54. The van der Waals surface area contributed by atoms with Crippen LogP contribution in [-0.2, 0) is 7.05 Å². The van der Waals surface area contributed by atoms with Crippen molar-refractivity contribution in [1.82, 2.24) is 19.7 Å². The number of aryl methyl sites for hydroxylation is 1. The van der Waals surface area contributed by atoms with E-state index >= 15 is 0 Å². The number of nitrogens with zero attached hydrogens (tertiary/aromatic N) is 5. The maximum atomic E-state index is 5.73. The molecule has 4 rings (SSSR count). The molecule has 2 aromatic heterocycles. The minimum atomic E-state index is 0.0647. The normalized spacial score (nSPS) is 11.7. The van der Waals surface area contributed by atoms with Gasteiger partial charge in [-0.1, -0.05) is 15.9 Å². The average Bonchev–Trinajstić information content (AvgIpc) is 3.00. The Bertz CT molecular complexity index is 1250. The van der Waals surface area contributed by atoms with Crippen molar-refractivity contribution in [3.05, 3.63) is 46.4 Å². The zero-order valence-electron chi connectivity index (χ0n) is 17.0. The fourth-order valence-electron chi connectivity index (χ4n) is 3.16. The maximum Gasteiger partial charge on any atom is 0.265 e. The Morgan fingerprint density at radius 3 is 2.73 bits per heavy atom. The van der Waals surface area contributed by atoms with Crippen LogP contribution in [0.4, 0.5) is 5.95 Å². The third-order valence-electron chi connectivity index (χ3n) is 4.49. The van der Waals surface area contributed by atoms with E-state index in [0.29, 0.717) is 17.4 Å². The highest BCUT2D eigenvalue weighted by molar-refractivity contribution is 9.10. The van der Waals surface area contributed by atoms with E-state index in [1.54, 1.807) is 13.3 Å². The Morgan fingerprint density at radius 2 is 1.97 bits per heavy atom. The molecule has 154 valence electrons. The van der Waals surface area contributed by atoms with E-state index < -0.39 is 0 Å². The summed E-state index contributed by atoms with van der Waals surface area (Å²) in [4.78, 5) is 4.56. The van der Waals surface area contributed by atoms with E-state index in [9.17, 15) is 0 Å². The zero-order chi connectivity index (χ0) is 21.3. The first-order valence-electron chi connectivity index (χ1n) is 9.38. The Morgan fingerprint density at radius 1 is 1.13 bits per heavy atom. The predicted octanol–water partition coefficient (Wildman–Crippen LogP) is 4.52. The second-order valence-electron chi connectivity index (χ2n) is 6.98. The minimum Gasteiger partial charge on any atom is -0.493 e. The van der Waals surface area contributed by atoms with Crippen LogP contribution in [-0.4, -0.2) is 39.2 Å². The highest BCUT2D eigenvalue weighted by Gasteiger charge is 2.13. The fraction of sp³-hybridized carbons (Fsp3) is 0.238. The van der Waals surface area contributed by atoms with Gasteiger partial charge in [-0.05, 0) is 55.8 Å². The largest absolute Gasteiger partial charge is 0.493 e. The number of aromatic nitrogens is 4. The van der Waals surface area contributed by atoms with Crippen LogP contribution >= 0.6 is 15.9 Å². The lowest BCUT2D eigenvalue weighted by Gasteiger charge is -2.13. The topological polar surface area (TPSA) is 86.5 Å². The third kappa shape index (κ3) is 3.93. The number of benzene rings is 2. The molecular weight excluding hydrogens is 448 g/mol. The van der Waals surface area contributed by atoms with Crippen molar-refractivity contribution < 1.29 is 9.47 Å². The molecule has 0 amide bonds. The molecule has 0 bridgehead atoms. The zero-order valence-corrected chi connectivity index (χ0v) is 18.6. The lowest BCUT2D eigenvalue weighted by atomic mass is 10.2. The van der Waals surface area contributed by atoms with Crippen LogP contribution in [0.15, 0.2) is 46.0 Å². The van der Waals surface area contributed by atoms with Gasteiger partial charge in [0.2, 0.25) is 0 Å². The number of nitrogens with one attached hydrogen (secondary N) is 1. The SMILES string of the molecule is COc1cc(/C=N/Nc2nnc3c4cc(Br)ccc4n(C)c3n2)ccc1OC(C)C. The molecule has 0 saturated carbocycles. The van der Waals surface area contributed by atoms with E-state index in [-0.39, 0.29) is 6.10 Å². The van der Waals surface area contributed by atoms with Crippen molar-refractivity contribution in [2.75, 3.05) is 12.5 Å². The van der Waals surface area contributed by atoms with Crippen LogP contribution in [0.5, 0.6) is 11.5 Å². The van der Waals surface area contributed by atoms with E-state index in [2.05, 4.69) is 41.6 Å². The van der Waals surface area contributed by atoms with E-state index in [4.69, 9.17) is 9.47 Å². The Balaban J connectivity index is 1.57. The molecule has 0 atom stereocenters. The minimum absolute atomic E-state index is 0.0647. The monoisotopic (exact) mass is 468 g/mol. The molecule has 9 heteroatoms. The molecule has 2 aromatic carbocycles. The van der Waals surface area contributed by atoms with Gasteiger partial charge in [0.05, 0.1) is 24.9 Å². The van der Waals surface area contributed by atoms with Gasteiger partial charge in [-0.15, -0.1) is 10.2 Å². The maximum absolute atomic E-state index is 5.73. The molecule has 0 aliphatic carbocycles. The molecule has 1 N–H and O–H groups in total. The third-order valence-corrected chi connectivity index (χ3v) is 4.98. The molecule has 2 heterocycles. The number of rotatable bonds is 6. The van der Waals surface area contributed by atoms with Crippen LogP contribution < -0.4 is 14.9 Å². The van der Waals surface area contributed by atoms with Crippen LogP contribution in [0.25, 0.3) is 22.1 Å². The highest BCUT2D eigenvalue weighted by atomic mass is 79.9. The lowest BCUT2D eigenvalue weighted by molar-refractivity contribution is 0.230. The van der Waals surface area contributed by atoms with E-state index in [1.807, 2.05) is 61.9 Å². The Hall–Kier alpha value is -3.20. The van der Waals surface area contributed by atoms with Crippen molar-refractivity contribution >= 4 is 50.2 Å². The molecule has 0 saturated heterocycles. The van der Waals surface area contributed by atoms with Gasteiger partial charge in [-0.3, -0.25) is 0 Å². The van der Waals surface area contributed by atoms with Gasteiger partial charge in [0.15, 0.2) is 17.1 Å². The first kappa shape index (κ1) is 20.1. The van der Waals surface area contributed by atoms with Gasteiger partial charge >= 0.3 is 0 Å². The molecular formula is C21H21BrN6O2. The Labute approximate surface area is 182 Å². The average molecular weight is 469 g/mol. The predicted molar refractivity (Wildman–Crippen MR) is 121 cm³/mol. The first-order chi connectivity index (χ1) is 14.5. The molecule has 0 fully saturated rings. The summed E-state index contributed by atoms with van der Waals surface area (Å²) in [6, 6.07) is 11.6. The summed E-state index contributed by atoms with van der Waals surface area (Å²) < 4.78 is 14.1. The summed E-state index contributed by atoms with van der Waals surface area (Å²) in [5.41, 5.74) is 6.20. The van der Waals surface area contributed by atoms with Gasteiger partial charge < -0.3 is 14.0 Å². The summed E-state index contributed by atoms with van der Waals surface area (Å²) >= 11 is 3.50. The number of halogens is 1. The summed E-state index contributed by atoms with van der Waals surface area (Å²) in [5.74, 6) is 1.65. The summed E-state index contributed by atoms with van der Waals surface area (Å²) in [6.07, 6.45) is 1.73. The van der Waals surface area contributed by atoms with Gasteiger partial charge in [0.25, 0.3) is 5.95 Å². The van der Waals surface area contributed by atoms with Gasteiger partial charge in [-0.25, -0.2) is 5.43 Å². The first-order valence-corrected chi connectivity index (χ1v) is 10.2. The van der Waals surface area contributed by atoms with Crippen LogP contribution in [0.2, 0.25) is 0 Å². The summed E-state index contributed by atoms with van der Waals surface area (Å²) in [5, 5.41) is 13.7. The summed E-state index contributed by atoms with van der Waals surface area (Å²) in [7, 11) is 3.56. The number of hydrazone groups is 1. The number of fused-ring (bicyclic) bond motifs is 3. The smallest absolute Gasteiger partial charge is 0.265 e. The van der Waals surface area contributed by atoms with Crippen molar-refractivity contribution in [2.24, 2.45) is 12.1 Å². The van der Waals surface area contributed by atoms with Crippen molar-refractivity contribution in [1.29, 1.82) is 0 Å². The number of ether oxygens (including phenoxy) is 2. The number of hydrogen-bond donors (Lipinski definition) is 1. The van der Waals surface area contributed by atoms with Gasteiger partial charge in [0.1, 0.15) is 5.52 Å². The van der Waals surface area contributed by atoms with E-state index in [0.717, 1.165) is 32.1 Å². The van der Waals surface area contributed by atoms with Crippen molar-refractivity contribution in [3.63, 3.8) is 0 Å². The van der Waals surface area contributed by atoms with Crippen LogP contribution in [0.3, 0.4) is 0 Å². The molecule has 0 radical (unpaired) electrons. The van der Waals surface area contributed by atoms with Crippen LogP contribution in [0, 0.1) is 0 Å². The van der Waals surface area contributed by atoms with Crippen molar-refractivity contribution in [2.45, 2.75) is 20.0 Å². The van der Waals surface area contributed by atoms with Gasteiger partial charge in [0, 0.05) is 16.9 Å². The highest BCUT2D eigenvalue weighted by Crippen LogP contribution is 2.29. The standard InChI is InChI=1S/C21H21BrN6O2/c1-12(2)30-17-8-5-13(9-18(17)29-4)11-23-26-21-24-20-19(25-27-21)15-10-14(22)6-7-16(15)28(20)3/h5-12H,1-4H3,(H,24,26,27)/b23-11+. The van der Waals surface area contributed by atoms with E-state index in [1.165, 1.54) is 0 Å². The molecule has 0 aliphatic heterocycles. The second-order valence-corrected chi connectivity index (χ2v) is 7.89. The quantitative estimate of drug-likeness (QED) is 0.330. The summed E-state index contributed by atoms with van der Waals surface area (Å²) in [6.45, 7) is 3.94. The molecule has 0 spiro atoms. The molecule has 30 heavy (non-hydrogen) atoms. The van der Waals surface area contributed by atoms with Gasteiger partial charge in [-0.2, -0.15) is 10.1 Å².